The number of imidazole rings is 1. The van der Waals surface area contributed by atoms with Gasteiger partial charge in [0.25, 0.3) is 0 Å². The van der Waals surface area contributed by atoms with E-state index in [0.29, 0.717) is 19.5 Å². The Bertz CT molecular complexity index is 431. The van der Waals surface area contributed by atoms with Crippen molar-refractivity contribution in [2.75, 3.05) is 13.1 Å². The van der Waals surface area contributed by atoms with Gasteiger partial charge in [-0.15, -0.1) is 0 Å². The molecule has 6 heteroatoms. The Morgan fingerprint density at radius 1 is 1.53 bits per heavy atom. The van der Waals surface area contributed by atoms with Gasteiger partial charge in [0, 0.05) is 32.0 Å². The van der Waals surface area contributed by atoms with Crippen LogP contribution in [0.3, 0.4) is 0 Å². The highest BCUT2D eigenvalue weighted by Crippen LogP contribution is 2.15. The van der Waals surface area contributed by atoms with E-state index in [2.05, 4.69) is 14.9 Å². The topological polar surface area (TPSA) is 70.4 Å². The molecule has 2 aliphatic rings. The summed E-state index contributed by atoms with van der Waals surface area (Å²) in [5.41, 5.74) is 0. The highest BCUT2D eigenvalue weighted by atomic mass is 16.3. The van der Waals surface area contributed by atoms with Gasteiger partial charge in [-0.05, 0) is 6.42 Å². The van der Waals surface area contributed by atoms with E-state index >= 15 is 0 Å². The predicted octanol–water partition coefficient (Wildman–Crippen LogP) is -1.05. The van der Waals surface area contributed by atoms with Crippen molar-refractivity contribution >= 4 is 5.91 Å². The fraction of sp³-hybridized carbons (Fsp3) is 0.636. The molecule has 0 bridgehead atoms. The monoisotopic (exact) mass is 236 g/mol. The standard InChI is InChI=1S/C11H16N4O2/c16-8-5-9(13-6-8)11(17)15-4-3-14-2-1-12-10(14)7-15/h1-2,8-9,13,16H,3-7H2. The molecule has 3 rings (SSSR count). The third-order valence-corrected chi connectivity index (χ3v) is 3.46. The van der Waals surface area contributed by atoms with E-state index in [1.165, 1.54) is 0 Å². The Kier molecular flexibility index (Phi) is 2.60. The van der Waals surface area contributed by atoms with Gasteiger partial charge >= 0.3 is 0 Å². The van der Waals surface area contributed by atoms with Crippen LogP contribution in [0.1, 0.15) is 12.2 Å². The summed E-state index contributed by atoms with van der Waals surface area (Å²) in [5.74, 6) is 1.01. The molecule has 0 spiro atoms. The molecule has 0 aliphatic carbocycles. The van der Waals surface area contributed by atoms with Gasteiger partial charge in [-0.1, -0.05) is 0 Å². The first-order valence-electron chi connectivity index (χ1n) is 5.94. The Balaban J connectivity index is 1.68. The summed E-state index contributed by atoms with van der Waals surface area (Å²) in [4.78, 5) is 18.2. The summed E-state index contributed by atoms with van der Waals surface area (Å²) in [6.07, 6.45) is 3.83. The Labute approximate surface area is 99.2 Å². The second-order valence-corrected chi connectivity index (χ2v) is 4.65. The number of carbonyl (C=O) groups excluding carboxylic acids is 1. The zero-order valence-electron chi connectivity index (χ0n) is 9.54. The minimum atomic E-state index is -0.393. The second kappa shape index (κ2) is 4.12. The molecule has 0 saturated carbocycles. The van der Waals surface area contributed by atoms with Gasteiger partial charge in [-0.2, -0.15) is 0 Å². The first-order valence-corrected chi connectivity index (χ1v) is 5.94. The van der Waals surface area contributed by atoms with Crippen molar-refractivity contribution in [2.24, 2.45) is 0 Å². The lowest BCUT2D eigenvalue weighted by Crippen LogP contribution is -2.46. The molecule has 6 nitrogen and oxygen atoms in total. The van der Waals surface area contributed by atoms with Gasteiger partial charge in [0.15, 0.2) is 0 Å². The molecule has 0 aromatic carbocycles. The number of hydrogen-bond donors (Lipinski definition) is 2. The first-order chi connectivity index (χ1) is 8.24. The van der Waals surface area contributed by atoms with E-state index in [0.717, 1.165) is 18.9 Å². The first kappa shape index (κ1) is 10.7. The highest BCUT2D eigenvalue weighted by molar-refractivity contribution is 5.82. The van der Waals surface area contributed by atoms with Crippen LogP contribution in [-0.2, 0) is 17.9 Å². The Hall–Kier alpha value is -1.40. The van der Waals surface area contributed by atoms with Crippen LogP contribution in [0.4, 0.5) is 0 Å². The lowest BCUT2D eigenvalue weighted by Gasteiger charge is -2.29. The molecule has 2 N–H and O–H groups in total. The highest BCUT2D eigenvalue weighted by Gasteiger charge is 2.32. The van der Waals surface area contributed by atoms with Crippen LogP contribution in [0.15, 0.2) is 12.4 Å². The van der Waals surface area contributed by atoms with Crippen molar-refractivity contribution < 1.29 is 9.90 Å². The number of carbonyl (C=O) groups is 1. The average Bonchev–Trinajstić information content (AvgIpc) is 2.95. The third-order valence-electron chi connectivity index (χ3n) is 3.46. The average molecular weight is 236 g/mol. The molecule has 1 amide bonds. The SMILES string of the molecule is O=C(C1CC(O)CN1)N1CCn2ccnc2C1. The van der Waals surface area contributed by atoms with Gasteiger partial charge in [-0.25, -0.2) is 4.98 Å². The number of aliphatic hydroxyl groups excluding tert-OH is 1. The van der Waals surface area contributed by atoms with Crippen LogP contribution in [0.5, 0.6) is 0 Å². The van der Waals surface area contributed by atoms with E-state index in [1.54, 1.807) is 6.20 Å². The van der Waals surface area contributed by atoms with Crippen molar-refractivity contribution in [2.45, 2.75) is 31.7 Å². The number of nitrogens with one attached hydrogen (secondary N) is 1. The second-order valence-electron chi connectivity index (χ2n) is 4.65. The smallest absolute Gasteiger partial charge is 0.240 e. The lowest BCUT2D eigenvalue weighted by molar-refractivity contribution is -0.134. The molecule has 92 valence electrons. The van der Waals surface area contributed by atoms with Crippen LogP contribution in [0.2, 0.25) is 0 Å². The summed E-state index contributed by atoms with van der Waals surface area (Å²) in [6, 6.07) is -0.230. The van der Waals surface area contributed by atoms with Crippen LogP contribution in [0.25, 0.3) is 0 Å². The van der Waals surface area contributed by atoms with Gasteiger partial charge in [-0.3, -0.25) is 4.79 Å². The predicted molar refractivity (Wildman–Crippen MR) is 60.1 cm³/mol. The molecule has 2 unspecified atom stereocenters. The summed E-state index contributed by atoms with van der Waals surface area (Å²) in [7, 11) is 0. The quantitative estimate of drug-likeness (QED) is 0.652. The number of fused-ring (bicyclic) bond motifs is 1. The zero-order chi connectivity index (χ0) is 11.8. The van der Waals surface area contributed by atoms with Gasteiger partial charge in [0.1, 0.15) is 5.82 Å². The maximum atomic E-state index is 12.2. The minimum Gasteiger partial charge on any atom is -0.392 e. The maximum absolute atomic E-state index is 12.2. The van der Waals surface area contributed by atoms with Crippen molar-refractivity contribution in [3.63, 3.8) is 0 Å². The number of aliphatic hydroxyl groups is 1. The van der Waals surface area contributed by atoms with E-state index in [-0.39, 0.29) is 11.9 Å². The molecule has 1 aromatic rings. The van der Waals surface area contributed by atoms with E-state index in [4.69, 9.17) is 0 Å². The molecule has 17 heavy (non-hydrogen) atoms. The lowest BCUT2D eigenvalue weighted by atomic mass is 10.1. The summed E-state index contributed by atoms with van der Waals surface area (Å²) < 4.78 is 2.07. The number of nitrogens with zero attached hydrogens (tertiary/aromatic N) is 3. The number of β-amino-alcohol motifs (C(OH)–C–C–N with tert-alkyl or cyclic N) is 1. The van der Waals surface area contributed by atoms with Crippen LogP contribution >= 0.6 is 0 Å². The zero-order valence-corrected chi connectivity index (χ0v) is 9.54. The number of rotatable bonds is 1. The van der Waals surface area contributed by atoms with Gasteiger partial charge in [0.05, 0.1) is 18.7 Å². The van der Waals surface area contributed by atoms with Crippen molar-refractivity contribution in [3.8, 4) is 0 Å². The van der Waals surface area contributed by atoms with E-state index < -0.39 is 6.10 Å². The summed E-state index contributed by atoms with van der Waals surface area (Å²) in [5, 5.41) is 12.5. The van der Waals surface area contributed by atoms with Crippen LogP contribution in [-0.4, -0.2) is 50.7 Å². The van der Waals surface area contributed by atoms with Crippen LogP contribution in [0, 0.1) is 0 Å². The Morgan fingerprint density at radius 3 is 3.18 bits per heavy atom. The molecule has 1 fully saturated rings. The molecule has 1 saturated heterocycles. The third kappa shape index (κ3) is 1.94. The number of hydrogen-bond acceptors (Lipinski definition) is 4. The van der Waals surface area contributed by atoms with Crippen molar-refractivity contribution in [1.29, 1.82) is 0 Å². The fourth-order valence-electron chi connectivity index (χ4n) is 2.49. The summed E-state index contributed by atoms with van der Waals surface area (Å²) >= 11 is 0. The van der Waals surface area contributed by atoms with Crippen molar-refractivity contribution in [1.82, 2.24) is 19.8 Å². The summed E-state index contributed by atoms with van der Waals surface area (Å²) in [6.45, 7) is 2.60. The molecule has 3 heterocycles. The largest absolute Gasteiger partial charge is 0.392 e. The molecule has 0 radical (unpaired) electrons. The molecular formula is C11H16N4O2. The minimum absolute atomic E-state index is 0.0794. The Morgan fingerprint density at radius 2 is 2.41 bits per heavy atom. The number of amides is 1. The maximum Gasteiger partial charge on any atom is 0.240 e. The van der Waals surface area contributed by atoms with E-state index in [1.807, 2.05) is 11.1 Å². The van der Waals surface area contributed by atoms with Crippen LogP contribution < -0.4 is 5.32 Å². The van der Waals surface area contributed by atoms with Gasteiger partial charge in [0.2, 0.25) is 5.91 Å². The molecular weight excluding hydrogens is 220 g/mol. The normalized spacial score (nSPS) is 28.2. The van der Waals surface area contributed by atoms with E-state index in [9.17, 15) is 9.90 Å². The van der Waals surface area contributed by atoms with Gasteiger partial charge < -0.3 is 19.9 Å². The molecule has 2 aliphatic heterocycles. The van der Waals surface area contributed by atoms with Crippen molar-refractivity contribution in [3.05, 3.63) is 18.2 Å². The molecule has 1 aromatic heterocycles. The number of aromatic nitrogens is 2. The fourth-order valence-corrected chi connectivity index (χ4v) is 2.49. The molecule has 2 atom stereocenters.